The lowest BCUT2D eigenvalue weighted by Crippen LogP contribution is -2.39. The fourth-order valence-electron chi connectivity index (χ4n) is 2.06. The number of nitrogens with one attached hydrogen (secondary N) is 1. The fraction of sp³-hybridized carbons (Fsp3) is 0.571. The number of benzene rings is 1. The molecule has 0 aliphatic carbocycles. The summed E-state index contributed by atoms with van der Waals surface area (Å²) in [6, 6.07) is 6.97. The Kier molecular flexibility index (Phi) is 6.61. The first-order valence-electron chi connectivity index (χ1n) is 6.68. The van der Waals surface area contributed by atoms with Crippen LogP contribution >= 0.6 is 0 Å². The molecule has 0 fully saturated rings. The van der Waals surface area contributed by atoms with Gasteiger partial charge in [-0.3, -0.25) is 0 Å². The predicted molar refractivity (Wildman–Crippen MR) is 80.1 cm³/mol. The lowest BCUT2D eigenvalue weighted by Gasteiger charge is -2.26. The van der Waals surface area contributed by atoms with Crippen LogP contribution in [0.4, 0.5) is 0 Å². The van der Waals surface area contributed by atoms with E-state index in [4.69, 9.17) is 4.74 Å². The van der Waals surface area contributed by atoms with Crippen LogP contribution in [-0.2, 0) is 21.3 Å². The second-order valence-electron chi connectivity index (χ2n) is 4.84. The minimum absolute atomic E-state index is 0.113. The van der Waals surface area contributed by atoms with E-state index >= 15 is 0 Å². The average Bonchev–Trinajstić information content (AvgIpc) is 2.39. The van der Waals surface area contributed by atoms with E-state index in [1.165, 1.54) is 4.31 Å². The smallest absolute Gasteiger partial charge is 0.243 e. The van der Waals surface area contributed by atoms with E-state index in [0.717, 1.165) is 5.56 Å². The molecule has 0 saturated heterocycles. The third-order valence-electron chi connectivity index (χ3n) is 3.02. The van der Waals surface area contributed by atoms with Crippen LogP contribution < -0.4 is 5.32 Å². The van der Waals surface area contributed by atoms with Crippen molar-refractivity contribution in [3.05, 3.63) is 29.8 Å². The second-order valence-corrected chi connectivity index (χ2v) is 6.70. The number of hydrogen-bond acceptors (Lipinski definition) is 4. The van der Waals surface area contributed by atoms with E-state index in [1.54, 1.807) is 26.3 Å². The fourth-order valence-corrected chi connectivity index (χ4v) is 3.90. The molecule has 0 aromatic heterocycles. The van der Waals surface area contributed by atoms with Crippen LogP contribution in [0.15, 0.2) is 29.2 Å². The molecule has 0 aliphatic rings. The number of methoxy groups -OCH3 is 1. The number of hydrogen-bond donors (Lipinski definition) is 1. The molecule has 1 rings (SSSR count). The lowest BCUT2D eigenvalue weighted by molar-refractivity contribution is 0.171. The standard InChI is InChI=1S/C14H24N2O3S/c1-12(2)16(9-10-19-4)20(17,18)14-8-6-5-7-13(14)11-15-3/h5-8,12,15H,9-11H2,1-4H3. The van der Waals surface area contributed by atoms with Crippen molar-refractivity contribution in [1.29, 1.82) is 0 Å². The largest absolute Gasteiger partial charge is 0.383 e. The second kappa shape index (κ2) is 7.73. The number of ether oxygens (including phenoxy) is 1. The van der Waals surface area contributed by atoms with Crippen LogP contribution in [-0.4, -0.2) is 46.1 Å². The minimum atomic E-state index is -3.51. The summed E-state index contributed by atoms with van der Waals surface area (Å²) in [5.74, 6) is 0. The zero-order chi connectivity index (χ0) is 15.2. The van der Waals surface area contributed by atoms with E-state index in [-0.39, 0.29) is 6.04 Å². The molecule has 0 unspecified atom stereocenters. The first kappa shape index (κ1) is 17.1. The first-order chi connectivity index (χ1) is 9.45. The maximum absolute atomic E-state index is 12.8. The quantitative estimate of drug-likeness (QED) is 0.789. The van der Waals surface area contributed by atoms with Gasteiger partial charge in [-0.2, -0.15) is 4.31 Å². The molecule has 20 heavy (non-hydrogen) atoms. The van der Waals surface area contributed by atoms with Crippen LogP contribution in [0.2, 0.25) is 0 Å². The van der Waals surface area contributed by atoms with Crippen molar-refractivity contribution in [1.82, 2.24) is 9.62 Å². The SMILES string of the molecule is CNCc1ccccc1S(=O)(=O)N(CCOC)C(C)C. The van der Waals surface area contributed by atoms with Gasteiger partial charge >= 0.3 is 0 Å². The topological polar surface area (TPSA) is 58.6 Å². The Morgan fingerprint density at radius 2 is 1.95 bits per heavy atom. The van der Waals surface area contributed by atoms with Crippen molar-refractivity contribution in [3.63, 3.8) is 0 Å². The van der Waals surface area contributed by atoms with E-state index in [9.17, 15) is 8.42 Å². The van der Waals surface area contributed by atoms with Gasteiger partial charge in [0.2, 0.25) is 10.0 Å². The summed E-state index contributed by atoms with van der Waals surface area (Å²) < 4.78 is 32.1. The molecular weight excluding hydrogens is 276 g/mol. The van der Waals surface area contributed by atoms with Gasteiger partial charge in [0.15, 0.2) is 0 Å². The maximum Gasteiger partial charge on any atom is 0.243 e. The summed E-state index contributed by atoms with van der Waals surface area (Å²) >= 11 is 0. The van der Waals surface area contributed by atoms with Crippen LogP contribution in [0.3, 0.4) is 0 Å². The van der Waals surface area contributed by atoms with Crippen molar-refractivity contribution in [3.8, 4) is 0 Å². The Hall–Kier alpha value is -0.950. The first-order valence-corrected chi connectivity index (χ1v) is 8.12. The molecule has 0 atom stereocenters. The minimum Gasteiger partial charge on any atom is -0.383 e. The van der Waals surface area contributed by atoms with Crippen LogP contribution in [0, 0.1) is 0 Å². The van der Waals surface area contributed by atoms with Crippen LogP contribution in [0.5, 0.6) is 0 Å². The van der Waals surface area contributed by atoms with Crippen LogP contribution in [0.25, 0.3) is 0 Å². The molecule has 0 saturated carbocycles. The summed E-state index contributed by atoms with van der Waals surface area (Å²) in [6.45, 7) is 4.99. The van der Waals surface area contributed by atoms with Gasteiger partial charge in [0, 0.05) is 26.2 Å². The summed E-state index contributed by atoms with van der Waals surface area (Å²) in [5, 5.41) is 3.00. The van der Waals surface area contributed by atoms with Gasteiger partial charge in [-0.25, -0.2) is 8.42 Å². The van der Waals surface area contributed by atoms with Crippen molar-refractivity contribution < 1.29 is 13.2 Å². The highest BCUT2D eigenvalue weighted by Gasteiger charge is 2.28. The molecule has 0 radical (unpaired) electrons. The van der Waals surface area contributed by atoms with E-state index < -0.39 is 10.0 Å². The normalized spacial score (nSPS) is 12.3. The highest BCUT2D eigenvalue weighted by atomic mass is 32.2. The number of sulfonamides is 1. The van der Waals surface area contributed by atoms with Gasteiger partial charge in [0.05, 0.1) is 11.5 Å². The van der Waals surface area contributed by atoms with Gasteiger partial charge in [-0.1, -0.05) is 18.2 Å². The molecule has 6 heteroatoms. The predicted octanol–water partition coefficient (Wildman–Crippen LogP) is 1.45. The molecule has 5 nitrogen and oxygen atoms in total. The Morgan fingerprint density at radius 1 is 1.30 bits per heavy atom. The third kappa shape index (κ3) is 4.02. The molecule has 1 aromatic rings. The van der Waals surface area contributed by atoms with Crippen LogP contribution in [0.1, 0.15) is 19.4 Å². The van der Waals surface area contributed by atoms with Gasteiger partial charge in [0.1, 0.15) is 0 Å². The molecule has 0 bridgehead atoms. The Bertz CT molecular complexity index is 515. The zero-order valence-corrected chi connectivity index (χ0v) is 13.4. The molecule has 0 aliphatic heterocycles. The number of nitrogens with zero attached hydrogens (tertiary/aromatic N) is 1. The summed E-state index contributed by atoms with van der Waals surface area (Å²) in [7, 11) is -0.142. The highest BCUT2D eigenvalue weighted by molar-refractivity contribution is 7.89. The number of rotatable bonds is 8. The lowest BCUT2D eigenvalue weighted by atomic mass is 10.2. The van der Waals surface area contributed by atoms with Crippen molar-refractivity contribution in [2.75, 3.05) is 27.3 Å². The Balaban J connectivity index is 3.19. The van der Waals surface area contributed by atoms with E-state index in [0.29, 0.717) is 24.6 Å². The van der Waals surface area contributed by atoms with Gasteiger partial charge < -0.3 is 10.1 Å². The molecule has 1 N–H and O–H groups in total. The Labute approximate surface area is 122 Å². The molecule has 0 spiro atoms. The van der Waals surface area contributed by atoms with E-state index in [1.807, 2.05) is 26.0 Å². The molecule has 0 amide bonds. The molecule has 1 aromatic carbocycles. The monoisotopic (exact) mass is 300 g/mol. The summed E-state index contributed by atoms with van der Waals surface area (Å²) in [4.78, 5) is 0.360. The third-order valence-corrected chi connectivity index (χ3v) is 5.19. The molecule has 0 heterocycles. The molecule has 114 valence electrons. The average molecular weight is 300 g/mol. The molecular formula is C14H24N2O3S. The van der Waals surface area contributed by atoms with Gasteiger partial charge in [-0.15, -0.1) is 0 Å². The van der Waals surface area contributed by atoms with Crippen molar-refractivity contribution in [2.45, 2.75) is 31.3 Å². The zero-order valence-electron chi connectivity index (χ0n) is 12.6. The van der Waals surface area contributed by atoms with Crippen molar-refractivity contribution >= 4 is 10.0 Å². The van der Waals surface area contributed by atoms with Gasteiger partial charge in [-0.05, 0) is 32.5 Å². The summed E-state index contributed by atoms with van der Waals surface area (Å²) in [6.07, 6.45) is 0. The van der Waals surface area contributed by atoms with E-state index in [2.05, 4.69) is 5.32 Å². The summed E-state index contributed by atoms with van der Waals surface area (Å²) in [5.41, 5.74) is 0.776. The van der Waals surface area contributed by atoms with Gasteiger partial charge in [0.25, 0.3) is 0 Å². The highest BCUT2D eigenvalue weighted by Crippen LogP contribution is 2.22. The maximum atomic E-state index is 12.8. The Morgan fingerprint density at radius 3 is 2.50 bits per heavy atom. The van der Waals surface area contributed by atoms with Crippen molar-refractivity contribution in [2.24, 2.45) is 0 Å².